The predicted octanol–water partition coefficient (Wildman–Crippen LogP) is 0.994. The van der Waals surface area contributed by atoms with Gasteiger partial charge in [0.05, 0.1) is 33.1 Å². The third kappa shape index (κ3) is 2.73. The molecule has 0 aromatic heterocycles. The van der Waals surface area contributed by atoms with Crippen LogP contribution in [0.25, 0.3) is 0 Å². The van der Waals surface area contributed by atoms with Crippen LogP contribution >= 0.6 is 0 Å². The van der Waals surface area contributed by atoms with E-state index in [-0.39, 0.29) is 6.61 Å². The number of nitrogens with zero attached hydrogens (tertiary/aromatic N) is 1. The largest absolute Gasteiger partial charge is 0.497 e. The molecule has 1 unspecified atom stereocenters. The van der Waals surface area contributed by atoms with Crippen molar-refractivity contribution in [2.24, 2.45) is 0 Å². The van der Waals surface area contributed by atoms with Gasteiger partial charge in [-0.25, -0.2) is 4.79 Å². The van der Waals surface area contributed by atoms with Gasteiger partial charge < -0.3 is 24.2 Å². The van der Waals surface area contributed by atoms with Crippen molar-refractivity contribution >= 4 is 11.7 Å². The van der Waals surface area contributed by atoms with Crippen LogP contribution in [0.2, 0.25) is 0 Å². The van der Waals surface area contributed by atoms with Gasteiger partial charge in [0.2, 0.25) is 0 Å². The molecular weight excluding hydrogens is 250 g/mol. The Morgan fingerprint density at radius 3 is 2.84 bits per heavy atom. The smallest absolute Gasteiger partial charge is 0.328 e. The maximum atomic E-state index is 11.3. The lowest BCUT2D eigenvalue weighted by molar-refractivity contribution is -0.141. The van der Waals surface area contributed by atoms with E-state index in [1.807, 2.05) is 0 Å². The van der Waals surface area contributed by atoms with Gasteiger partial charge in [0.15, 0.2) is 6.04 Å². The molecule has 0 spiro atoms. The highest BCUT2D eigenvalue weighted by Crippen LogP contribution is 2.34. The minimum atomic E-state index is -0.912. The zero-order valence-electron chi connectivity index (χ0n) is 11.0. The van der Waals surface area contributed by atoms with Crippen LogP contribution in [0, 0.1) is 0 Å². The maximum Gasteiger partial charge on any atom is 0.328 e. The number of aliphatic carboxylic acids is 1. The number of anilines is 1. The number of benzene rings is 1. The molecule has 1 aliphatic rings. The first-order valence-corrected chi connectivity index (χ1v) is 5.96. The number of hydrogen-bond donors (Lipinski definition) is 1. The molecule has 0 amide bonds. The molecule has 0 bridgehead atoms. The Morgan fingerprint density at radius 1 is 1.42 bits per heavy atom. The van der Waals surface area contributed by atoms with Crippen LogP contribution in [-0.2, 0) is 9.53 Å². The Balaban J connectivity index is 2.39. The molecule has 1 saturated heterocycles. The molecule has 0 aliphatic carbocycles. The van der Waals surface area contributed by atoms with Gasteiger partial charge in [0, 0.05) is 12.6 Å². The van der Waals surface area contributed by atoms with E-state index in [0.717, 1.165) is 0 Å². The number of carboxylic acid groups (broad SMARTS) is 1. The van der Waals surface area contributed by atoms with E-state index in [9.17, 15) is 9.90 Å². The molecule has 1 heterocycles. The summed E-state index contributed by atoms with van der Waals surface area (Å²) in [6.07, 6.45) is 0. The van der Waals surface area contributed by atoms with Gasteiger partial charge in [0.1, 0.15) is 11.5 Å². The van der Waals surface area contributed by atoms with E-state index < -0.39 is 12.0 Å². The van der Waals surface area contributed by atoms with Crippen molar-refractivity contribution in [3.8, 4) is 11.5 Å². The molecule has 1 N–H and O–H groups in total. The number of methoxy groups -OCH3 is 2. The van der Waals surface area contributed by atoms with Gasteiger partial charge in [-0.15, -0.1) is 0 Å². The van der Waals surface area contributed by atoms with Crippen molar-refractivity contribution in [3.63, 3.8) is 0 Å². The quantitative estimate of drug-likeness (QED) is 0.877. The summed E-state index contributed by atoms with van der Waals surface area (Å²) in [6, 6.07) is 4.61. The summed E-state index contributed by atoms with van der Waals surface area (Å²) < 4.78 is 15.7. The van der Waals surface area contributed by atoms with Gasteiger partial charge in [-0.2, -0.15) is 0 Å². The molecule has 0 radical (unpaired) electrons. The van der Waals surface area contributed by atoms with Crippen molar-refractivity contribution < 1.29 is 24.1 Å². The molecule has 19 heavy (non-hydrogen) atoms. The molecule has 2 rings (SSSR count). The fraction of sp³-hybridized carbons (Fsp3) is 0.462. The van der Waals surface area contributed by atoms with Crippen molar-refractivity contribution in [2.45, 2.75) is 6.04 Å². The highest BCUT2D eigenvalue weighted by molar-refractivity contribution is 5.80. The third-order valence-electron chi connectivity index (χ3n) is 3.11. The molecule has 6 nitrogen and oxygen atoms in total. The Hall–Kier alpha value is -1.95. The normalized spacial score (nSPS) is 19.1. The number of morpholine rings is 1. The first-order valence-electron chi connectivity index (χ1n) is 5.96. The standard InChI is InChI=1S/C13H17NO5/c1-17-9-3-4-12(18-2)10(7-9)14-5-6-19-8-11(14)13(15)16/h3-4,7,11H,5-6,8H2,1-2H3,(H,15,16). The highest BCUT2D eigenvalue weighted by Gasteiger charge is 2.31. The number of ether oxygens (including phenoxy) is 3. The zero-order chi connectivity index (χ0) is 13.8. The number of carbonyl (C=O) groups is 1. The average Bonchev–Trinajstić information content (AvgIpc) is 2.46. The van der Waals surface area contributed by atoms with E-state index in [2.05, 4.69) is 0 Å². The van der Waals surface area contributed by atoms with Crippen LogP contribution in [0.15, 0.2) is 18.2 Å². The lowest BCUT2D eigenvalue weighted by Crippen LogP contribution is -2.50. The summed E-state index contributed by atoms with van der Waals surface area (Å²) in [6.45, 7) is 1.15. The van der Waals surface area contributed by atoms with E-state index >= 15 is 0 Å². The van der Waals surface area contributed by atoms with Crippen molar-refractivity contribution in [2.75, 3.05) is 38.9 Å². The fourth-order valence-corrected chi connectivity index (χ4v) is 2.12. The van der Waals surface area contributed by atoms with E-state index in [1.54, 1.807) is 37.3 Å². The second kappa shape index (κ2) is 5.79. The third-order valence-corrected chi connectivity index (χ3v) is 3.11. The Labute approximate surface area is 111 Å². The molecule has 1 aliphatic heterocycles. The van der Waals surface area contributed by atoms with E-state index in [1.165, 1.54) is 0 Å². The summed E-state index contributed by atoms with van der Waals surface area (Å²) in [5.74, 6) is 0.366. The van der Waals surface area contributed by atoms with Crippen molar-refractivity contribution in [1.82, 2.24) is 0 Å². The van der Waals surface area contributed by atoms with E-state index in [4.69, 9.17) is 14.2 Å². The summed E-state index contributed by atoms with van der Waals surface area (Å²) in [5.41, 5.74) is 0.706. The second-order valence-electron chi connectivity index (χ2n) is 4.16. The Bertz CT molecular complexity index is 462. The van der Waals surface area contributed by atoms with E-state index in [0.29, 0.717) is 30.3 Å². The van der Waals surface area contributed by atoms with Gasteiger partial charge in [0.25, 0.3) is 0 Å². The highest BCUT2D eigenvalue weighted by atomic mass is 16.5. The second-order valence-corrected chi connectivity index (χ2v) is 4.16. The molecule has 1 atom stereocenters. The molecule has 104 valence electrons. The van der Waals surface area contributed by atoms with Crippen LogP contribution in [0.5, 0.6) is 11.5 Å². The summed E-state index contributed by atoms with van der Waals surface area (Å²) in [5, 5.41) is 9.27. The fourth-order valence-electron chi connectivity index (χ4n) is 2.12. The first-order chi connectivity index (χ1) is 9.17. The van der Waals surface area contributed by atoms with Gasteiger partial charge >= 0.3 is 5.97 Å². The van der Waals surface area contributed by atoms with Crippen LogP contribution in [0.1, 0.15) is 0 Å². The molecule has 0 saturated carbocycles. The zero-order valence-corrected chi connectivity index (χ0v) is 11.0. The monoisotopic (exact) mass is 267 g/mol. The lowest BCUT2D eigenvalue weighted by Gasteiger charge is -2.35. The lowest BCUT2D eigenvalue weighted by atomic mass is 10.1. The summed E-state index contributed by atoms with van der Waals surface area (Å²) >= 11 is 0. The molecule has 1 aromatic carbocycles. The molecule has 6 heteroatoms. The number of carboxylic acids is 1. The van der Waals surface area contributed by atoms with Crippen LogP contribution < -0.4 is 14.4 Å². The van der Waals surface area contributed by atoms with Gasteiger partial charge in [-0.05, 0) is 12.1 Å². The number of rotatable bonds is 4. The molecule has 1 fully saturated rings. The van der Waals surface area contributed by atoms with Crippen LogP contribution in [0.4, 0.5) is 5.69 Å². The number of hydrogen-bond acceptors (Lipinski definition) is 5. The van der Waals surface area contributed by atoms with Gasteiger partial charge in [-0.1, -0.05) is 0 Å². The topological polar surface area (TPSA) is 68.2 Å². The van der Waals surface area contributed by atoms with Crippen molar-refractivity contribution in [1.29, 1.82) is 0 Å². The average molecular weight is 267 g/mol. The minimum Gasteiger partial charge on any atom is -0.497 e. The van der Waals surface area contributed by atoms with Crippen molar-refractivity contribution in [3.05, 3.63) is 18.2 Å². The predicted molar refractivity (Wildman–Crippen MR) is 69.1 cm³/mol. The Kier molecular flexibility index (Phi) is 4.11. The summed E-state index contributed by atoms with van der Waals surface area (Å²) in [4.78, 5) is 13.1. The first kappa shape index (κ1) is 13.5. The Morgan fingerprint density at radius 2 is 2.21 bits per heavy atom. The van der Waals surface area contributed by atoms with Gasteiger partial charge in [-0.3, -0.25) is 0 Å². The maximum absolute atomic E-state index is 11.3. The van der Waals surface area contributed by atoms with Crippen LogP contribution in [0.3, 0.4) is 0 Å². The molecular formula is C13H17NO5. The SMILES string of the molecule is COc1ccc(OC)c(N2CCOCC2C(=O)O)c1. The van der Waals surface area contributed by atoms with Crippen LogP contribution in [-0.4, -0.2) is 51.1 Å². The summed E-state index contributed by atoms with van der Waals surface area (Å²) in [7, 11) is 3.13. The minimum absolute atomic E-state index is 0.162. The molecule has 1 aromatic rings.